The van der Waals surface area contributed by atoms with Crippen LogP contribution in [0.5, 0.6) is 0 Å². The van der Waals surface area contributed by atoms with E-state index in [1.807, 2.05) is 0 Å². The van der Waals surface area contributed by atoms with Gasteiger partial charge in [-0.2, -0.15) is 0 Å². The van der Waals surface area contributed by atoms with Gasteiger partial charge in [-0.15, -0.1) is 0 Å². The molecule has 0 saturated carbocycles. The number of aromatic nitrogens is 1. The number of anilines is 2. The third-order valence-corrected chi connectivity index (χ3v) is 3.34. The molecule has 0 bridgehead atoms. The monoisotopic (exact) mass is 260 g/mol. The Morgan fingerprint density at radius 2 is 2.25 bits per heavy atom. The van der Waals surface area contributed by atoms with Crippen molar-refractivity contribution in [1.82, 2.24) is 4.98 Å². The topological polar surface area (TPSA) is 54.2 Å². The lowest BCUT2D eigenvalue weighted by molar-refractivity contribution is 0.659. The van der Waals surface area contributed by atoms with E-state index < -0.39 is 0 Å². The second-order valence-electron chi connectivity index (χ2n) is 4.11. The molecule has 0 aliphatic carbocycles. The van der Waals surface area contributed by atoms with Gasteiger partial charge in [0.2, 0.25) is 0 Å². The molecular formula is C10H14Cl2N4. The fourth-order valence-electron chi connectivity index (χ4n) is 1.91. The highest BCUT2D eigenvalue weighted by molar-refractivity contribution is 6.37. The maximum atomic E-state index is 6.13. The van der Waals surface area contributed by atoms with Crippen LogP contribution in [-0.2, 0) is 0 Å². The maximum Gasteiger partial charge on any atom is 0.161 e. The maximum absolute atomic E-state index is 6.13. The first-order valence-electron chi connectivity index (χ1n) is 5.19. The fourth-order valence-corrected chi connectivity index (χ4v) is 2.44. The van der Waals surface area contributed by atoms with Gasteiger partial charge < -0.3 is 10.3 Å². The van der Waals surface area contributed by atoms with E-state index in [0.717, 1.165) is 25.3 Å². The molecule has 0 amide bonds. The van der Waals surface area contributed by atoms with Gasteiger partial charge in [0.05, 0.1) is 10.0 Å². The van der Waals surface area contributed by atoms with Gasteiger partial charge in [0, 0.05) is 13.1 Å². The van der Waals surface area contributed by atoms with Crippen molar-refractivity contribution in [2.75, 3.05) is 23.4 Å². The molecule has 16 heavy (non-hydrogen) atoms. The lowest BCUT2D eigenvalue weighted by Gasteiger charge is -2.19. The Kier molecular flexibility index (Phi) is 3.42. The molecule has 2 heterocycles. The Balaban J connectivity index is 2.33. The van der Waals surface area contributed by atoms with Crippen LogP contribution in [-0.4, -0.2) is 18.1 Å². The predicted molar refractivity (Wildman–Crippen MR) is 68.1 cm³/mol. The third-order valence-electron chi connectivity index (χ3n) is 2.77. The minimum absolute atomic E-state index is 0.434. The van der Waals surface area contributed by atoms with E-state index >= 15 is 0 Å². The van der Waals surface area contributed by atoms with Crippen LogP contribution in [0, 0.1) is 5.92 Å². The predicted octanol–water partition coefficient (Wildman–Crippen LogP) is 2.52. The Morgan fingerprint density at radius 1 is 1.50 bits per heavy atom. The quantitative estimate of drug-likeness (QED) is 0.634. The zero-order valence-electron chi connectivity index (χ0n) is 9.00. The molecule has 0 radical (unpaired) electrons. The van der Waals surface area contributed by atoms with Gasteiger partial charge in [0.15, 0.2) is 5.82 Å². The lowest BCUT2D eigenvalue weighted by atomic mass is 10.2. The number of pyridine rings is 1. The summed E-state index contributed by atoms with van der Waals surface area (Å²) in [4.78, 5) is 6.49. The van der Waals surface area contributed by atoms with Crippen molar-refractivity contribution < 1.29 is 0 Å². The van der Waals surface area contributed by atoms with Crippen molar-refractivity contribution in [1.29, 1.82) is 0 Å². The van der Waals surface area contributed by atoms with Crippen molar-refractivity contribution in [3.63, 3.8) is 0 Å². The number of halogens is 2. The molecule has 1 saturated heterocycles. The van der Waals surface area contributed by atoms with E-state index in [0.29, 0.717) is 21.8 Å². The van der Waals surface area contributed by atoms with E-state index in [9.17, 15) is 0 Å². The minimum atomic E-state index is 0.434. The zero-order chi connectivity index (χ0) is 11.7. The number of nitrogen functional groups attached to an aromatic ring is 1. The van der Waals surface area contributed by atoms with Crippen LogP contribution in [0.2, 0.25) is 10.0 Å². The summed E-state index contributed by atoms with van der Waals surface area (Å²) in [5.74, 6) is 7.22. The Bertz CT molecular complexity index is 397. The SMILES string of the molecule is CC1CCN(c2nc(NN)c(Cl)cc2Cl)C1. The Labute approximate surface area is 105 Å². The van der Waals surface area contributed by atoms with Crippen molar-refractivity contribution in [2.45, 2.75) is 13.3 Å². The first kappa shape index (κ1) is 11.8. The van der Waals surface area contributed by atoms with E-state index in [2.05, 4.69) is 22.2 Å². The standard InChI is InChI=1S/C10H14Cl2N4/c1-6-2-3-16(5-6)10-8(12)4-7(11)9(14-10)15-13/h4,6H,2-3,5,13H2,1H3,(H,14,15). The van der Waals surface area contributed by atoms with Gasteiger partial charge >= 0.3 is 0 Å². The van der Waals surface area contributed by atoms with Crippen molar-refractivity contribution >= 4 is 34.8 Å². The smallest absolute Gasteiger partial charge is 0.161 e. The average Bonchev–Trinajstić information content (AvgIpc) is 2.65. The Morgan fingerprint density at radius 3 is 2.81 bits per heavy atom. The summed E-state index contributed by atoms with van der Waals surface area (Å²) >= 11 is 12.1. The molecule has 2 rings (SSSR count). The van der Waals surface area contributed by atoms with Crippen molar-refractivity contribution in [2.24, 2.45) is 11.8 Å². The lowest BCUT2D eigenvalue weighted by Crippen LogP contribution is -2.21. The highest BCUT2D eigenvalue weighted by atomic mass is 35.5. The highest BCUT2D eigenvalue weighted by Gasteiger charge is 2.22. The van der Waals surface area contributed by atoms with E-state index in [-0.39, 0.29) is 0 Å². The van der Waals surface area contributed by atoms with E-state index in [1.54, 1.807) is 6.07 Å². The second kappa shape index (κ2) is 4.65. The van der Waals surface area contributed by atoms with Crippen LogP contribution in [0.15, 0.2) is 6.07 Å². The molecule has 1 unspecified atom stereocenters. The summed E-state index contributed by atoms with van der Waals surface area (Å²) in [5, 5.41) is 1.00. The summed E-state index contributed by atoms with van der Waals surface area (Å²) in [6.07, 6.45) is 1.16. The fraction of sp³-hybridized carbons (Fsp3) is 0.500. The van der Waals surface area contributed by atoms with Crippen LogP contribution in [0.1, 0.15) is 13.3 Å². The first-order valence-corrected chi connectivity index (χ1v) is 5.95. The Hall–Kier alpha value is -0.710. The highest BCUT2D eigenvalue weighted by Crippen LogP contribution is 2.33. The van der Waals surface area contributed by atoms with Crippen LogP contribution in [0.25, 0.3) is 0 Å². The summed E-state index contributed by atoms with van der Waals surface area (Å²) in [7, 11) is 0. The summed E-state index contributed by atoms with van der Waals surface area (Å²) < 4.78 is 0. The van der Waals surface area contributed by atoms with E-state index in [1.165, 1.54) is 0 Å². The van der Waals surface area contributed by atoms with Gasteiger partial charge in [-0.3, -0.25) is 0 Å². The number of nitrogens with two attached hydrogens (primary N) is 1. The normalized spacial score (nSPS) is 20.2. The number of rotatable bonds is 2. The van der Waals surface area contributed by atoms with Crippen LogP contribution in [0.3, 0.4) is 0 Å². The van der Waals surface area contributed by atoms with Gasteiger partial charge in [-0.25, -0.2) is 10.8 Å². The molecule has 1 fully saturated rings. The van der Waals surface area contributed by atoms with Gasteiger partial charge in [0.1, 0.15) is 5.82 Å². The third kappa shape index (κ3) is 2.19. The van der Waals surface area contributed by atoms with E-state index in [4.69, 9.17) is 29.0 Å². The molecule has 1 atom stereocenters. The molecule has 1 aliphatic heterocycles. The summed E-state index contributed by atoms with van der Waals surface area (Å²) in [6, 6.07) is 1.67. The minimum Gasteiger partial charge on any atom is -0.355 e. The molecule has 88 valence electrons. The molecule has 6 heteroatoms. The number of hydrogen-bond acceptors (Lipinski definition) is 4. The number of nitrogens with one attached hydrogen (secondary N) is 1. The average molecular weight is 261 g/mol. The van der Waals surface area contributed by atoms with Gasteiger partial charge in [-0.05, 0) is 18.4 Å². The first-order chi connectivity index (χ1) is 7.61. The molecule has 0 aromatic carbocycles. The zero-order valence-corrected chi connectivity index (χ0v) is 10.5. The van der Waals surface area contributed by atoms with Crippen molar-refractivity contribution in [3.8, 4) is 0 Å². The molecular weight excluding hydrogens is 247 g/mol. The van der Waals surface area contributed by atoms with Crippen LogP contribution >= 0.6 is 23.2 Å². The summed E-state index contributed by atoms with van der Waals surface area (Å²) in [5.41, 5.74) is 2.47. The van der Waals surface area contributed by atoms with Gasteiger partial charge in [-0.1, -0.05) is 30.1 Å². The molecule has 1 aromatic rings. The number of nitrogens with zero attached hydrogens (tertiary/aromatic N) is 2. The molecule has 0 spiro atoms. The van der Waals surface area contributed by atoms with Gasteiger partial charge in [0.25, 0.3) is 0 Å². The molecule has 1 aliphatic rings. The second-order valence-corrected chi connectivity index (χ2v) is 4.92. The molecule has 3 N–H and O–H groups in total. The molecule has 1 aromatic heterocycles. The summed E-state index contributed by atoms with van der Waals surface area (Å²) in [6.45, 7) is 4.16. The number of hydrazine groups is 1. The van der Waals surface area contributed by atoms with Crippen LogP contribution < -0.4 is 16.2 Å². The number of hydrogen-bond donors (Lipinski definition) is 2. The molecule has 4 nitrogen and oxygen atoms in total. The van der Waals surface area contributed by atoms with Crippen LogP contribution in [0.4, 0.5) is 11.6 Å². The van der Waals surface area contributed by atoms with Crippen molar-refractivity contribution in [3.05, 3.63) is 16.1 Å². The largest absolute Gasteiger partial charge is 0.355 e.